The maximum Gasteiger partial charge on any atom is 0.309 e. The molecule has 1 saturated heterocycles. The Morgan fingerprint density at radius 2 is 1.82 bits per heavy atom. The second-order valence-electron chi connectivity index (χ2n) is 8.77. The number of aromatic nitrogens is 3. The van der Waals surface area contributed by atoms with Crippen molar-refractivity contribution < 1.29 is 19.5 Å². The molecule has 0 atom stereocenters. The SMILES string of the molecule is CC(=O)NCCNc1nc(-c2ccccc2)nc2[nH]c(C(=O)N3CCC(C)(C(=O)O)CC3)cc12. The summed E-state index contributed by atoms with van der Waals surface area (Å²) in [6.45, 7) is 4.81. The molecule has 0 spiro atoms. The van der Waals surface area contributed by atoms with Gasteiger partial charge in [0.25, 0.3) is 5.91 Å². The fourth-order valence-electron chi connectivity index (χ4n) is 3.98. The van der Waals surface area contributed by atoms with Gasteiger partial charge < -0.3 is 25.6 Å². The molecular weight excluding hydrogens is 436 g/mol. The van der Waals surface area contributed by atoms with Crippen LogP contribution in [0.3, 0.4) is 0 Å². The Morgan fingerprint density at radius 1 is 1.12 bits per heavy atom. The number of benzene rings is 1. The zero-order chi connectivity index (χ0) is 24.3. The minimum Gasteiger partial charge on any atom is -0.481 e. The Bertz CT molecular complexity index is 1210. The van der Waals surface area contributed by atoms with Crippen LogP contribution in [-0.4, -0.2) is 68.9 Å². The van der Waals surface area contributed by atoms with E-state index in [1.807, 2.05) is 30.3 Å². The standard InChI is InChI=1S/C24H28N6O4/c1-15(31)25-10-11-26-20-17-14-18(22(32)30-12-8-24(2,9-13-30)23(33)34)27-21(17)29-19(28-20)16-6-4-3-5-7-16/h3-7,14H,8-13H2,1-2H3,(H,25,31)(H,33,34)(H2,26,27,28,29). The topological polar surface area (TPSA) is 140 Å². The van der Waals surface area contributed by atoms with Gasteiger partial charge in [0.1, 0.15) is 17.2 Å². The van der Waals surface area contributed by atoms with Gasteiger partial charge in [0.05, 0.1) is 10.8 Å². The van der Waals surface area contributed by atoms with Crippen molar-refractivity contribution in [2.75, 3.05) is 31.5 Å². The number of aromatic amines is 1. The van der Waals surface area contributed by atoms with Gasteiger partial charge in [-0.05, 0) is 25.8 Å². The third-order valence-electron chi connectivity index (χ3n) is 6.21. The van der Waals surface area contributed by atoms with E-state index in [9.17, 15) is 19.5 Å². The first-order chi connectivity index (χ1) is 16.3. The maximum absolute atomic E-state index is 13.2. The average Bonchev–Trinajstić information content (AvgIpc) is 3.26. The smallest absolute Gasteiger partial charge is 0.309 e. The van der Waals surface area contributed by atoms with E-state index in [1.54, 1.807) is 17.9 Å². The molecule has 0 saturated carbocycles. The molecule has 178 valence electrons. The lowest BCUT2D eigenvalue weighted by Crippen LogP contribution is -2.45. The highest BCUT2D eigenvalue weighted by molar-refractivity contribution is 6.00. The van der Waals surface area contributed by atoms with E-state index in [0.717, 1.165) is 5.56 Å². The Morgan fingerprint density at radius 3 is 2.47 bits per heavy atom. The number of H-pyrrole nitrogens is 1. The number of carbonyl (C=O) groups excluding carboxylic acids is 2. The fourth-order valence-corrected chi connectivity index (χ4v) is 3.98. The maximum atomic E-state index is 13.2. The summed E-state index contributed by atoms with van der Waals surface area (Å²) < 4.78 is 0. The van der Waals surface area contributed by atoms with Crippen LogP contribution < -0.4 is 10.6 Å². The summed E-state index contributed by atoms with van der Waals surface area (Å²) in [6.07, 6.45) is 0.810. The normalized spacial score (nSPS) is 15.2. The van der Waals surface area contributed by atoms with Crippen LogP contribution in [0.4, 0.5) is 5.82 Å². The van der Waals surface area contributed by atoms with Gasteiger partial charge in [-0.15, -0.1) is 0 Å². The quantitative estimate of drug-likeness (QED) is 0.394. The molecule has 10 nitrogen and oxygen atoms in total. The van der Waals surface area contributed by atoms with E-state index >= 15 is 0 Å². The first kappa shape index (κ1) is 23.2. The van der Waals surface area contributed by atoms with Gasteiger partial charge in [-0.25, -0.2) is 9.97 Å². The van der Waals surface area contributed by atoms with E-state index in [4.69, 9.17) is 0 Å². The third-order valence-corrected chi connectivity index (χ3v) is 6.21. The summed E-state index contributed by atoms with van der Waals surface area (Å²) in [6, 6.07) is 11.2. The molecule has 0 aliphatic carbocycles. The van der Waals surface area contributed by atoms with Crippen molar-refractivity contribution in [2.45, 2.75) is 26.7 Å². The molecule has 4 N–H and O–H groups in total. The number of piperidine rings is 1. The first-order valence-electron chi connectivity index (χ1n) is 11.2. The van der Waals surface area contributed by atoms with Gasteiger partial charge in [0.15, 0.2) is 5.82 Å². The van der Waals surface area contributed by atoms with Gasteiger partial charge >= 0.3 is 5.97 Å². The monoisotopic (exact) mass is 464 g/mol. The molecule has 4 rings (SSSR count). The third kappa shape index (κ3) is 4.85. The van der Waals surface area contributed by atoms with Gasteiger partial charge in [-0.3, -0.25) is 14.4 Å². The number of carboxylic acids is 1. The summed E-state index contributed by atoms with van der Waals surface area (Å²) in [5.41, 5.74) is 0.920. The first-order valence-corrected chi connectivity index (χ1v) is 11.2. The van der Waals surface area contributed by atoms with E-state index in [0.29, 0.717) is 67.4 Å². The van der Waals surface area contributed by atoms with Crippen LogP contribution in [0.1, 0.15) is 37.2 Å². The van der Waals surface area contributed by atoms with Crippen molar-refractivity contribution in [2.24, 2.45) is 5.41 Å². The number of fused-ring (bicyclic) bond motifs is 1. The lowest BCUT2D eigenvalue weighted by atomic mass is 9.80. The molecule has 1 aromatic carbocycles. The molecule has 10 heteroatoms. The second-order valence-corrected chi connectivity index (χ2v) is 8.77. The summed E-state index contributed by atoms with van der Waals surface area (Å²) >= 11 is 0. The van der Waals surface area contributed by atoms with Crippen molar-refractivity contribution in [3.8, 4) is 11.4 Å². The molecule has 34 heavy (non-hydrogen) atoms. The number of carboxylic acid groups (broad SMARTS) is 1. The number of nitrogens with one attached hydrogen (secondary N) is 3. The molecule has 3 heterocycles. The zero-order valence-electron chi connectivity index (χ0n) is 19.2. The van der Waals surface area contributed by atoms with Crippen LogP contribution in [0, 0.1) is 5.41 Å². The number of rotatable bonds is 7. The fraction of sp³-hybridized carbons (Fsp3) is 0.375. The van der Waals surface area contributed by atoms with Crippen molar-refractivity contribution in [1.82, 2.24) is 25.2 Å². The summed E-state index contributed by atoms with van der Waals surface area (Å²) in [7, 11) is 0. The van der Waals surface area contributed by atoms with Crippen molar-refractivity contribution >= 4 is 34.6 Å². The van der Waals surface area contributed by atoms with Gasteiger partial charge in [-0.2, -0.15) is 0 Å². The minimum atomic E-state index is -0.830. The van der Waals surface area contributed by atoms with E-state index in [2.05, 4.69) is 25.6 Å². The van der Waals surface area contributed by atoms with Gasteiger partial charge in [-0.1, -0.05) is 30.3 Å². The van der Waals surface area contributed by atoms with Gasteiger partial charge in [0.2, 0.25) is 5.91 Å². The number of hydrogen-bond donors (Lipinski definition) is 4. The predicted molar refractivity (Wildman–Crippen MR) is 127 cm³/mol. The Labute approximate surface area is 196 Å². The minimum absolute atomic E-state index is 0.116. The highest BCUT2D eigenvalue weighted by Gasteiger charge is 2.38. The molecule has 3 aromatic rings. The van der Waals surface area contributed by atoms with E-state index in [-0.39, 0.29) is 11.8 Å². The summed E-state index contributed by atoms with van der Waals surface area (Å²) in [4.78, 5) is 50.0. The van der Waals surface area contributed by atoms with Crippen LogP contribution in [0.5, 0.6) is 0 Å². The lowest BCUT2D eigenvalue weighted by molar-refractivity contribution is -0.150. The second kappa shape index (κ2) is 9.50. The van der Waals surface area contributed by atoms with E-state index < -0.39 is 11.4 Å². The number of likely N-dealkylation sites (tertiary alicyclic amines) is 1. The molecule has 0 bridgehead atoms. The lowest BCUT2D eigenvalue weighted by Gasteiger charge is -2.36. The number of carbonyl (C=O) groups is 3. The average molecular weight is 465 g/mol. The van der Waals surface area contributed by atoms with Crippen LogP contribution >= 0.6 is 0 Å². The molecule has 1 fully saturated rings. The molecule has 2 amide bonds. The number of aliphatic carboxylic acids is 1. The van der Waals surface area contributed by atoms with Crippen molar-refractivity contribution in [3.05, 3.63) is 42.1 Å². The van der Waals surface area contributed by atoms with Crippen molar-refractivity contribution in [3.63, 3.8) is 0 Å². The Balaban J connectivity index is 1.61. The molecular formula is C24H28N6O4. The molecule has 0 unspecified atom stereocenters. The molecule has 2 aromatic heterocycles. The van der Waals surface area contributed by atoms with Crippen molar-refractivity contribution in [1.29, 1.82) is 0 Å². The highest BCUT2D eigenvalue weighted by atomic mass is 16.4. The highest BCUT2D eigenvalue weighted by Crippen LogP contribution is 2.32. The number of anilines is 1. The largest absolute Gasteiger partial charge is 0.481 e. The number of nitrogens with zero attached hydrogens (tertiary/aromatic N) is 3. The predicted octanol–water partition coefficient (Wildman–Crippen LogP) is 2.50. The summed E-state index contributed by atoms with van der Waals surface area (Å²) in [5, 5.41) is 16.1. The van der Waals surface area contributed by atoms with Gasteiger partial charge in [0, 0.05) is 38.7 Å². The Kier molecular flexibility index (Phi) is 6.49. The summed E-state index contributed by atoms with van der Waals surface area (Å²) in [5.74, 6) is -0.0813. The number of amides is 2. The van der Waals surface area contributed by atoms with Crippen LogP contribution in [0.15, 0.2) is 36.4 Å². The zero-order valence-corrected chi connectivity index (χ0v) is 19.2. The number of hydrogen-bond acceptors (Lipinski definition) is 6. The molecule has 1 aliphatic heterocycles. The molecule has 1 aliphatic rings. The van der Waals surface area contributed by atoms with E-state index in [1.165, 1.54) is 6.92 Å². The Hall–Kier alpha value is -3.95. The van der Waals surface area contributed by atoms with Crippen LogP contribution in [-0.2, 0) is 9.59 Å². The molecule has 0 radical (unpaired) electrons. The van der Waals surface area contributed by atoms with Crippen LogP contribution in [0.25, 0.3) is 22.4 Å². The van der Waals surface area contributed by atoms with Crippen LogP contribution in [0.2, 0.25) is 0 Å².